The van der Waals surface area contributed by atoms with Crippen LogP contribution in [-0.2, 0) is 11.2 Å². The quantitative estimate of drug-likeness (QED) is 0.759. The molecule has 4 N–H and O–H groups in total. The molecule has 2 rings (SSSR count). The average molecular weight is 360 g/mol. The lowest BCUT2D eigenvalue weighted by molar-refractivity contribution is -0.138. The Bertz CT molecular complexity index is 744. The molecule has 1 heterocycles. The van der Waals surface area contributed by atoms with Crippen LogP contribution >= 0.6 is 34.5 Å². The molecule has 0 radical (unpaired) electrons. The molecular weight excluding hydrogens is 349 g/mol. The molecule has 116 valence electrons. The summed E-state index contributed by atoms with van der Waals surface area (Å²) in [6.45, 7) is 0. The van der Waals surface area contributed by atoms with E-state index in [9.17, 15) is 9.59 Å². The summed E-state index contributed by atoms with van der Waals surface area (Å²) < 4.78 is 0. The van der Waals surface area contributed by atoms with Gasteiger partial charge in [-0.1, -0.05) is 23.2 Å². The maximum Gasteiger partial charge on any atom is 0.345 e. The zero-order valence-electron chi connectivity index (χ0n) is 11.0. The van der Waals surface area contributed by atoms with Gasteiger partial charge in [-0.05, 0) is 36.2 Å². The molecule has 2 aromatic rings. The van der Waals surface area contributed by atoms with Gasteiger partial charge < -0.3 is 15.9 Å². The van der Waals surface area contributed by atoms with E-state index in [1.807, 2.05) is 0 Å². The second kappa shape index (κ2) is 6.66. The van der Waals surface area contributed by atoms with E-state index in [1.54, 1.807) is 18.2 Å². The van der Waals surface area contributed by atoms with Gasteiger partial charge in [-0.2, -0.15) is 0 Å². The van der Waals surface area contributed by atoms with Crippen LogP contribution in [0.2, 0.25) is 10.0 Å². The van der Waals surface area contributed by atoms with E-state index in [4.69, 9.17) is 39.1 Å². The number of nitrogens with two attached hydrogens (primary N) is 1. The summed E-state index contributed by atoms with van der Waals surface area (Å²) in [6.07, 6.45) is 0.0936. The van der Waals surface area contributed by atoms with Gasteiger partial charge >= 0.3 is 11.9 Å². The van der Waals surface area contributed by atoms with Gasteiger partial charge in [0.2, 0.25) is 0 Å². The highest BCUT2D eigenvalue weighted by atomic mass is 35.5. The van der Waals surface area contributed by atoms with Crippen LogP contribution in [0.15, 0.2) is 24.3 Å². The molecular formula is C14H11Cl2NO4S. The van der Waals surface area contributed by atoms with Crippen LogP contribution < -0.4 is 5.73 Å². The number of hydrogen-bond donors (Lipinski definition) is 3. The van der Waals surface area contributed by atoms with Crippen molar-refractivity contribution in [2.24, 2.45) is 5.73 Å². The maximum absolute atomic E-state index is 11.0. The molecule has 1 atom stereocenters. The van der Waals surface area contributed by atoms with Crippen molar-refractivity contribution in [3.05, 3.63) is 44.8 Å². The molecule has 1 aromatic heterocycles. The Morgan fingerprint density at radius 2 is 1.91 bits per heavy atom. The monoisotopic (exact) mass is 359 g/mol. The van der Waals surface area contributed by atoms with E-state index < -0.39 is 18.0 Å². The Kier molecular flexibility index (Phi) is 5.08. The minimum Gasteiger partial charge on any atom is -0.480 e. The van der Waals surface area contributed by atoms with Crippen molar-refractivity contribution < 1.29 is 19.8 Å². The molecule has 1 unspecified atom stereocenters. The van der Waals surface area contributed by atoms with E-state index in [0.717, 1.165) is 11.3 Å². The molecule has 0 aliphatic carbocycles. The molecule has 0 spiro atoms. The van der Waals surface area contributed by atoms with Gasteiger partial charge in [-0.3, -0.25) is 4.79 Å². The second-order valence-electron chi connectivity index (χ2n) is 4.56. The van der Waals surface area contributed by atoms with Crippen molar-refractivity contribution in [1.82, 2.24) is 0 Å². The van der Waals surface area contributed by atoms with Gasteiger partial charge in [0, 0.05) is 10.4 Å². The molecule has 0 fully saturated rings. The number of hydrogen-bond acceptors (Lipinski definition) is 4. The number of rotatable bonds is 5. The van der Waals surface area contributed by atoms with Gasteiger partial charge in [0.25, 0.3) is 0 Å². The highest BCUT2D eigenvalue weighted by Crippen LogP contribution is 2.38. The fraction of sp³-hybridized carbons (Fsp3) is 0.143. The first kappa shape index (κ1) is 16.8. The fourth-order valence-corrected chi connectivity index (χ4v) is 3.26. The highest BCUT2D eigenvalue weighted by Gasteiger charge is 2.17. The Balaban J connectivity index is 2.43. The number of carbonyl (C=O) groups is 2. The van der Waals surface area contributed by atoms with Crippen LogP contribution in [0.25, 0.3) is 10.4 Å². The smallest absolute Gasteiger partial charge is 0.345 e. The van der Waals surface area contributed by atoms with Crippen molar-refractivity contribution in [3.63, 3.8) is 0 Å². The lowest BCUT2D eigenvalue weighted by atomic mass is 10.0. The molecule has 1 aromatic carbocycles. The predicted octanol–water partition coefficient (Wildman–Crippen LogP) is 3.37. The minimum absolute atomic E-state index is 0.0936. The molecule has 5 nitrogen and oxygen atoms in total. The first-order chi connectivity index (χ1) is 10.3. The SMILES string of the molecule is NC(Cc1cc(Cl)c(Cl)c(-c2ccc(C(=O)O)s2)c1)C(=O)O. The molecule has 0 amide bonds. The maximum atomic E-state index is 11.0. The summed E-state index contributed by atoms with van der Waals surface area (Å²) >= 11 is 13.3. The van der Waals surface area contributed by atoms with E-state index in [0.29, 0.717) is 16.0 Å². The zero-order chi connectivity index (χ0) is 16.4. The molecule has 22 heavy (non-hydrogen) atoms. The average Bonchev–Trinajstić information content (AvgIpc) is 2.92. The minimum atomic E-state index is -1.11. The van der Waals surface area contributed by atoms with E-state index in [1.165, 1.54) is 6.07 Å². The van der Waals surface area contributed by atoms with E-state index >= 15 is 0 Å². The number of aromatic carboxylic acids is 1. The number of thiophene rings is 1. The van der Waals surface area contributed by atoms with Gasteiger partial charge in [-0.15, -0.1) is 11.3 Å². The molecule has 0 bridgehead atoms. The predicted molar refractivity (Wildman–Crippen MR) is 86.0 cm³/mol. The molecule has 0 aliphatic rings. The van der Waals surface area contributed by atoms with Gasteiger partial charge in [0.15, 0.2) is 0 Å². The number of halogens is 2. The normalized spacial score (nSPS) is 12.1. The second-order valence-corrected chi connectivity index (χ2v) is 6.43. The third kappa shape index (κ3) is 3.59. The standard InChI is InChI=1S/C14H11Cl2NO4S/c15-8-4-6(5-9(17)13(18)19)3-7(12(8)16)10-1-2-11(22-10)14(20)21/h1-4,9H,5,17H2,(H,18,19)(H,20,21). The zero-order valence-corrected chi connectivity index (χ0v) is 13.4. The van der Waals surface area contributed by atoms with Crippen LogP contribution in [-0.4, -0.2) is 28.2 Å². The number of carboxylic acids is 2. The van der Waals surface area contributed by atoms with Crippen molar-refractivity contribution >= 4 is 46.5 Å². The molecule has 0 aliphatic heterocycles. The van der Waals surface area contributed by atoms with Crippen LogP contribution in [0.5, 0.6) is 0 Å². The lowest BCUT2D eigenvalue weighted by Crippen LogP contribution is -2.32. The highest BCUT2D eigenvalue weighted by molar-refractivity contribution is 7.17. The van der Waals surface area contributed by atoms with Gasteiger partial charge in [0.05, 0.1) is 10.0 Å². The summed E-state index contributed by atoms with van der Waals surface area (Å²) in [5.74, 6) is -2.14. The van der Waals surface area contributed by atoms with Crippen molar-refractivity contribution in [2.45, 2.75) is 12.5 Å². The van der Waals surface area contributed by atoms with Crippen LogP contribution in [0, 0.1) is 0 Å². The Morgan fingerprint density at radius 1 is 1.23 bits per heavy atom. The largest absolute Gasteiger partial charge is 0.480 e. The fourth-order valence-electron chi connectivity index (χ4n) is 1.88. The number of carboxylic acid groups (broad SMARTS) is 2. The molecule has 0 saturated heterocycles. The van der Waals surface area contributed by atoms with E-state index in [-0.39, 0.29) is 21.3 Å². The Labute approximate surface area is 139 Å². The van der Waals surface area contributed by atoms with Crippen molar-refractivity contribution in [3.8, 4) is 10.4 Å². The summed E-state index contributed by atoms with van der Waals surface area (Å²) in [5.41, 5.74) is 6.69. The van der Waals surface area contributed by atoms with Gasteiger partial charge in [-0.25, -0.2) is 4.79 Å². The third-order valence-corrected chi connectivity index (χ3v) is 4.85. The summed E-state index contributed by atoms with van der Waals surface area (Å²) in [5, 5.41) is 18.4. The summed E-state index contributed by atoms with van der Waals surface area (Å²) in [6, 6.07) is 5.29. The van der Waals surface area contributed by atoms with E-state index in [2.05, 4.69) is 0 Å². The Hall–Kier alpha value is -1.60. The first-order valence-corrected chi connectivity index (χ1v) is 7.66. The van der Waals surface area contributed by atoms with Crippen molar-refractivity contribution in [2.75, 3.05) is 0 Å². The van der Waals surface area contributed by atoms with Crippen LogP contribution in [0.4, 0.5) is 0 Å². The Morgan fingerprint density at radius 3 is 2.45 bits per heavy atom. The lowest BCUT2D eigenvalue weighted by Gasteiger charge is -2.11. The van der Waals surface area contributed by atoms with Crippen LogP contribution in [0.3, 0.4) is 0 Å². The summed E-state index contributed by atoms with van der Waals surface area (Å²) in [7, 11) is 0. The van der Waals surface area contributed by atoms with Crippen molar-refractivity contribution in [1.29, 1.82) is 0 Å². The topological polar surface area (TPSA) is 101 Å². The third-order valence-electron chi connectivity index (χ3n) is 2.94. The molecule has 0 saturated carbocycles. The molecule has 8 heteroatoms. The van der Waals surface area contributed by atoms with Gasteiger partial charge in [0.1, 0.15) is 10.9 Å². The van der Waals surface area contributed by atoms with Crippen LogP contribution in [0.1, 0.15) is 15.2 Å². The summed E-state index contributed by atoms with van der Waals surface area (Å²) in [4.78, 5) is 22.6. The number of aliphatic carboxylic acids is 1. The first-order valence-electron chi connectivity index (χ1n) is 6.09. The number of benzene rings is 1.